The van der Waals surface area contributed by atoms with Crippen molar-refractivity contribution in [2.75, 3.05) is 20.2 Å². The average Bonchev–Trinajstić information content (AvgIpc) is 3.09. The number of carbonyl (C=O) groups excluding carboxylic acids is 2. The summed E-state index contributed by atoms with van der Waals surface area (Å²) < 4.78 is 5.33. The summed E-state index contributed by atoms with van der Waals surface area (Å²) in [6.45, 7) is 4.25. The summed E-state index contributed by atoms with van der Waals surface area (Å²) in [6, 6.07) is 15.7. The van der Waals surface area contributed by atoms with Crippen LogP contribution in [-0.4, -0.2) is 42.8 Å². The third-order valence-corrected chi connectivity index (χ3v) is 4.92. The number of rotatable bonds is 7. The zero-order valence-corrected chi connectivity index (χ0v) is 15.9. The molecule has 0 saturated carbocycles. The largest absolute Gasteiger partial charge is 0.496 e. The van der Waals surface area contributed by atoms with Crippen LogP contribution in [-0.2, 0) is 17.8 Å². The lowest BCUT2D eigenvalue weighted by Crippen LogP contribution is -2.37. The Morgan fingerprint density at radius 2 is 1.96 bits per heavy atom. The molecule has 0 aromatic heterocycles. The number of hydrogen-bond acceptors (Lipinski definition) is 4. The third-order valence-electron chi connectivity index (χ3n) is 4.92. The number of benzene rings is 2. The van der Waals surface area contributed by atoms with Crippen molar-refractivity contribution in [3.8, 4) is 5.75 Å². The van der Waals surface area contributed by atoms with Crippen molar-refractivity contribution in [3.63, 3.8) is 0 Å². The number of hydrogen-bond donors (Lipinski definition) is 1. The van der Waals surface area contributed by atoms with E-state index < -0.39 is 0 Å². The molecule has 5 heteroatoms. The first-order chi connectivity index (χ1) is 13.0. The summed E-state index contributed by atoms with van der Waals surface area (Å²) in [6.07, 6.45) is 1.16. The molecule has 142 valence electrons. The molecule has 1 fully saturated rings. The predicted octanol–water partition coefficient (Wildman–Crippen LogP) is 2.83. The van der Waals surface area contributed by atoms with Gasteiger partial charge in [0, 0.05) is 36.8 Å². The van der Waals surface area contributed by atoms with E-state index in [0.717, 1.165) is 31.6 Å². The van der Waals surface area contributed by atoms with Crippen LogP contribution in [0.25, 0.3) is 0 Å². The van der Waals surface area contributed by atoms with Crippen molar-refractivity contribution in [1.82, 2.24) is 10.2 Å². The molecule has 1 N–H and O–H groups in total. The molecule has 1 saturated heterocycles. The number of ether oxygens (including phenoxy) is 1. The van der Waals surface area contributed by atoms with E-state index in [9.17, 15) is 9.59 Å². The van der Waals surface area contributed by atoms with E-state index >= 15 is 0 Å². The van der Waals surface area contributed by atoms with Crippen molar-refractivity contribution in [2.45, 2.75) is 32.4 Å². The van der Waals surface area contributed by atoms with Gasteiger partial charge in [-0.2, -0.15) is 0 Å². The van der Waals surface area contributed by atoms with Gasteiger partial charge in [-0.1, -0.05) is 30.3 Å². The molecule has 1 aliphatic rings. The topological polar surface area (TPSA) is 58.6 Å². The van der Waals surface area contributed by atoms with Gasteiger partial charge in [-0.25, -0.2) is 0 Å². The van der Waals surface area contributed by atoms with Gasteiger partial charge in [0.2, 0.25) is 5.91 Å². The quantitative estimate of drug-likeness (QED) is 0.766. The zero-order chi connectivity index (χ0) is 19.2. The van der Waals surface area contributed by atoms with Gasteiger partial charge in [0.25, 0.3) is 0 Å². The summed E-state index contributed by atoms with van der Waals surface area (Å²) in [5.41, 5.74) is 2.62. The molecule has 1 atom stereocenters. The summed E-state index contributed by atoms with van der Waals surface area (Å²) in [5.74, 6) is 0.569. The van der Waals surface area contributed by atoms with Crippen LogP contribution < -0.4 is 10.1 Å². The highest BCUT2D eigenvalue weighted by molar-refractivity contribution is 5.94. The first-order valence-corrected chi connectivity index (χ1v) is 9.28. The van der Waals surface area contributed by atoms with Crippen molar-refractivity contribution in [1.29, 1.82) is 0 Å². The number of amides is 1. The van der Waals surface area contributed by atoms with Gasteiger partial charge < -0.3 is 10.1 Å². The van der Waals surface area contributed by atoms with E-state index in [1.807, 2.05) is 18.2 Å². The van der Waals surface area contributed by atoms with Gasteiger partial charge in [0.05, 0.1) is 13.5 Å². The van der Waals surface area contributed by atoms with E-state index in [0.29, 0.717) is 11.3 Å². The van der Waals surface area contributed by atoms with Gasteiger partial charge in [-0.05, 0) is 37.1 Å². The lowest BCUT2D eigenvalue weighted by molar-refractivity contribution is -0.121. The highest BCUT2D eigenvalue weighted by Gasteiger charge is 2.24. The van der Waals surface area contributed by atoms with Crippen LogP contribution >= 0.6 is 0 Å². The van der Waals surface area contributed by atoms with Crippen molar-refractivity contribution < 1.29 is 14.3 Å². The minimum Gasteiger partial charge on any atom is -0.496 e. The Morgan fingerprint density at radius 3 is 2.67 bits per heavy atom. The fourth-order valence-electron chi connectivity index (χ4n) is 3.52. The highest BCUT2D eigenvalue weighted by atomic mass is 16.5. The number of carbonyl (C=O) groups is 2. The maximum atomic E-state index is 12.5. The zero-order valence-electron chi connectivity index (χ0n) is 15.9. The molecule has 2 aromatic rings. The highest BCUT2D eigenvalue weighted by Crippen LogP contribution is 2.21. The molecule has 0 unspecified atom stereocenters. The molecule has 1 aliphatic heterocycles. The summed E-state index contributed by atoms with van der Waals surface area (Å²) in [7, 11) is 1.57. The van der Waals surface area contributed by atoms with Crippen LogP contribution in [0.4, 0.5) is 0 Å². The molecular weight excluding hydrogens is 340 g/mol. The van der Waals surface area contributed by atoms with E-state index in [4.69, 9.17) is 4.74 Å². The molecule has 0 spiro atoms. The Bertz CT molecular complexity index is 804. The summed E-state index contributed by atoms with van der Waals surface area (Å²) in [5, 5.41) is 3.12. The lowest BCUT2D eigenvalue weighted by Gasteiger charge is -2.17. The molecule has 0 aliphatic carbocycles. The molecule has 3 rings (SSSR count). The second-order valence-electron chi connectivity index (χ2n) is 7.03. The third kappa shape index (κ3) is 5.17. The number of nitrogens with one attached hydrogen (secondary N) is 1. The number of ketones is 1. The molecule has 1 amide bonds. The van der Waals surface area contributed by atoms with Crippen molar-refractivity contribution >= 4 is 11.7 Å². The smallest absolute Gasteiger partial charge is 0.224 e. The molecule has 27 heavy (non-hydrogen) atoms. The van der Waals surface area contributed by atoms with Crippen LogP contribution in [0.3, 0.4) is 0 Å². The number of Topliss-reactive ketones (excluding diaryl/α,β-unsaturated/α-hetero) is 1. The Morgan fingerprint density at radius 1 is 1.19 bits per heavy atom. The van der Waals surface area contributed by atoms with Gasteiger partial charge >= 0.3 is 0 Å². The number of methoxy groups -OCH3 is 1. The monoisotopic (exact) mass is 366 g/mol. The Kier molecular flexibility index (Phi) is 6.24. The van der Waals surface area contributed by atoms with E-state index in [1.54, 1.807) is 25.3 Å². The molecule has 2 aromatic carbocycles. The molecular formula is C22H26N2O3. The molecule has 0 radical (unpaired) electrons. The fraction of sp³-hybridized carbons (Fsp3) is 0.364. The SMILES string of the molecule is COc1ccc(C(C)=O)cc1CC(=O)N[C@H]1CCN(Cc2ccccc2)C1. The summed E-state index contributed by atoms with van der Waals surface area (Å²) in [4.78, 5) is 26.5. The van der Waals surface area contributed by atoms with E-state index in [1.165, 1.54) is 12.5 Å². The van der Waals surface area contributed by atoms with Gasteiger partial charge in [-0.15, -0.1) is 0 Å². The van der Waals surface area contributed by atoms with Crippen LogP contribution in [0, 0.1) is 0 Å². The normalized spacial score (nSPS) is 16.9. The fourth-order valence-corrected chi connectivity index (χ4v) is 3.52. The summed E-state index contributed by atoms with van der Waals surface area (Å²) >= 11 is 0. The maximum Gasteiger partial charge on any atom is 0.224 e. The molecule has 1 heterocycles. The second kappa shape index (κ2) is 8.82. The molecule has 5 nitrogen and oxygen atoms in total. The van der Waals surface area contributed by atoms with Crippen molar-refractivity contribution in [3.05, 3.63) is 65.2 Å². The van der Waals surface area contributed by atoms with E-state index in [2.05, 4.69) is 22.3 Å². The first kappa shape index (κ1) is 19.1. The Labute approximate surface area is 160 Å². The Balaban J connectivity index is 1.55. The van der Waals surface area contributed by atoms with Crippen LogP contribution in [0.2, 0.25) is 0 Å². The van der Waals surface area contributed by atoms with Crippen LogP contribution in [0.15, 0.2) is 48.5 Å². The standard InChI is InChI=1S/C22H26N2O3/c1-16(25)18-8-9-21(27-2)19(12-18)13-22(26)23-20-10-11-24(15-20)14-17-6-4-3-5-7-17/h3-9,12,20H,10-11,13-15H2,1-2H3,(H,23,26)/t20-/m0/s1. The average molecular weight is 366 g/mol. The van der Waals surface area contributed by atoms with Crippen LogP contribution in [0.1, 0.15) is 34.8 Å². The lowest BCUT2D eigenvalue weighted by atomic mass is 10.0. The van der Waals surface area contributed by atoms with E-state index in [-0.39, 0.29) is 24.2 Å². The minimum atomic E-state index is -0.0411. The number of nitrogens with zero attached hydrogens (tertiary/aromatic N) is 1. The minimum absolute atomic E-state index is 0.0216. The first-order valence-electron chi connectivity index (χ1n) is 9.28. The molecule has 0 bridgehead atoms. The second-order valence-corrected chi connectivity index (χ2v) is 7.03. The Hall–Kier alpha value is -2.66. The van der Waals surface area contributed by atoms with Crippen molar-refractivity contribution in [2.24, 2.45) is 0 Å². The van der Waals surface area contributed by atoms with Gasteiger partial charge in [0.15, 0.2) is 5.78 Å². The van der Waals surface area contributed by atoms with Gasteiger partial charge in [0.1, 0.15) is 5.75 Å². The number of likely N-dealkylation sites (tertiary alicyclic amines) is 1. The van der Waals surface area contributed by atoms with Gasteiger partial charge in [-0.3, -0.25) is 14.5 Å². The maximum absolute atomic E-state index is 12.5. The van der Waals surface area contributed by atoms with Crippen LogP contribution in [0.5, 0.6) is 5.75 Å². The predicted molar refractivity (Wildman–Crippen MR) is 105 cm³/mol.